The molecule has 0 fully saturated rings. The Labute approximate surface area is 83.3 Å². The van der Waals surface area contributed by atoms with Crippen LogP contribution in [0.4, 0.5) is 4.79 Å². The van der Waals surface area contributed by atoms with Crippen molar-refractivity contribution in [2.45, 2.75) is 33.3 Å². The molecule has 0 aromatic rings. The fraction of sp³-hybridized carbons (Fsp3) is 0.556. The van der Waals surface area contributed by atoms with Gasteiger partial charge in [0.1, 0.15) is 11.3 Å². The van der Waals surface area contributed by atoms with Gasteiger partial charge in [-0.2, -0.15) is 0 Å². The van der Waals surface area contributed by atoms with Gasteiger partial charge < -0.3 is 10.5 Å². The smallest absolute Gasteiger partial charge is 0.412 e. The van der Waals surface area contributed by atoms with Crippen LogP contribution >= 0.6 is 0 Å². The summed E-state index contributed by atoms with van der Waals surface area (Å²) in [5.74, 6) is 0. The lowest BCUT2D eigenvalue weighted by Crippen LogP contribution is -2.33. The van der Waals surface area contributed by atoms with Gasteiger partial charge in [0.15, 0.2) is 6.29 Å². The highest BCUT2D eigenvalue weighted by molar-refractivity contribution is 5.82. The predicted molar refractivity (Wildman–Crippen MR) is 52.3 cm³/mol. The Morgan fingerprint density at radius 3 is 2.21 bits per heavy atom. The topological polar surface area (TPSA) is 81.4 Å². The number of hydrogen-bond acceptors (Lipinski definition) is 4. The number of ether oxygens (including phenoxy) is 1. The highest BCUT2D eigenvalue weighted by atomic mass is 16.6. The molecule has 0 heterocycles. The highest BCUT2D eigenvalue weighted by Crippen LogP contribution is 2.07. The zero-order valence-corrected chi connectivity index (χ0v) is 8.88. The van der Waals surface area contributed by atoms with Crippen LogP contribution in [0.2, 0.25) is 0 Å². The monoisotopic (exact) mass is 200 g/mol. The van der Waals surface area contributed by atoms with E-state index in [0.29, 0.717) is 6.29 Å². The van der Waals surface area contributed by atoms with Gasteiger partial charge in [0.05, 0.1) is 0 Å². The van der Waals surface area contributed by atoms with Gasteiger partial charge in [-0.1, -0.05) is 0 Å². The first kappa shape index (κ1) is 12.5. The fourth-order valence-electron chi connectivity index (χ4n) is 0.635. The van der Waals surface area contributed by atoms with Crippen LogP contribution in [-0.2, 0) is 9.53 Å². The molecule has 1 amide bonds. The number of carbonyl (C=O) groups excluding carboxylic acids is 2. The van der Waals surface area contributed by atoms with Gasteiger partial charge in [-0.05, 0) is 27.7 Å². The number of aldehydes is 1. The third-order valence-electron chi connectivity index (χ3n) is 1.18. The second-order valence-corrected chi connectivity index (χ2v) is 3.84. The second-order valence-electron chi connectivity index (χ2n) is 3.84. The maximum atomic E-state index is 11.2. The molecule has 0 aliphatic carbocycles. The molecule has 0 atom stereocenters. The molecule has 0 aromatic heterocycles. The summed E-state index contributed by atoms with van der Waals surface area (Å²) in [4.78, 5) is 21.6. The van der Waals surface area contributed by atoms with Crippen LogP contribution in [0.5, 0.6) is 0 Å². The number of nitrogens with two attached hydrogens (primary N) is 1. The van der Waals surface area contributed by atoms with E-state index in [1.54, 1.807) is 20.8 Å². The Balaban J connectivity index is 4.34. The summed E-state index contributed by atoms with van der Waals surface area (Å²) in [5, 5.41) is 2.25. The van der Waals surface area contributed by atoms with Gasteiger partial charge in [0.2, 0.25) is 0 Å². The Morgan fingerprint density at radius 1 is 1.43 bits per heavy atom. The summed E-state index contributed by atoms with van der Waals surface area (Å²) in [7, 11) is 0. The molecule has 0 bridgehead atoms. The second kappa shape index (κ2) is 4.64. The molecule has 0 saturated heterocycles. The third kappa shape index (κ3) is 5.18. The third-order valence-corrected chi connectivity index (χ3v) is 1.18. The van der Waals surface area contributed by atoms with E-state index in [2.05, 4.69) is 5.32 Å². The van der Waals surface area contributed by atoms with E-state index >= 15 is 0 Å². The molecule has 5 nitrogen and oxygen atoms in total. The summed E-state index contributed by atoms with van der Waals surface area (Å²) in [6.45, 7) is 6.70. The molecule has 0 rings (SSSR count). The number of alkyl carbamates (subject to hydrolysis) is 1. The van der Waals surface area contributed by atoms with Crippen molar-refractivity contribution < 1.29 is 14.3 Å². The molecule has 0 aliphatic heterocycles. The number of carbonyl (C=O) groups is 2. The van der Waals surface area contributed by atoms with Crippen molar-refractivity contribution in [1.82, 2.24) is 5.32 Å². The highest BCUT2D eigenvalue weighted by Gasteiger charge is 2.17. The van der Waals surface area contributed by atoms with E-state index in [1.807, 2.05) is 0 Å². The normalized spacial score (nSPS) is 12.9. The van der Waals surface area contributed by atoms with Gasteiger partial charge in [-0.3, -0.25) is 10.1 Å². The van der Waals surface area contributed by atoms with Crippen molar-refractivity contribution in [3.8, 4) is 0 Å². The van der Waals surface area contributed by atoms with Crippen LogP contribution < -0.4 is 11.1 Å². The number of hydrogen-bond donors (Lipinski definition) is 2. The Bertz CT molecular complexity index is 260. The van der Waals surface area contributed by atoms with Crippen molar-refractivity contribution >= 4 is 12.4 Å². The fourth-order valence-corrected chi connectivity index (χ4v) is 0.635. The molecule has 0 spiro atoms. The lowest BCUT2D eigenvalue weighted by atomic mass is 10.2. The summed E-state index contributed by atoms with van der Waals surface area (Å²) in [5.41, 5.74) is 5.01. The predicted octanol–water partition coefficient (Wildman–Crippen LogP) is 0.900. The number of nitrogens with one attached hydrogen (secondary N) is 1. The summed E-state index contributed by atoms with van der Waals surface area (Å²) >= 11 is 0. The first-order valence-electron chi connectivity index (χ1n) is 4.18. The van der Waals surface area contributed by atoms with Crippen LogP contribution in [0.15, 0.2) is 11.4 Å². The molecule has 0 radical (unpaired) electrons. The standard InChI is InChI=1S/C9H16N2O3/c1-6(10)7(5-12)11-8(13)14-9(2,3)4/h5H,10H2,1-4H3,(H,11,13). The number of amides is 1. The summed E-state index contributed by atoms with van der Waals surface area (Å²) in [6, 6.07) is 0. The molecular weight excluding hydrogens is 184 g/mol. The van der Waals surface area contributed by atoms with E-state index in [1.165, 1.54) is 6.92 Å². The van der Waals surface area contributed by atoms with E-state index in [4.69, 9.17) is 10.5 Å². The molecule has 0 aliphatic rings. The van der Waals surface area contributed by atoms with E-state index in [9.17, 15) is 9.59 Å². The van der Waals surface area contributed by atoms with Gasteiger partial charge >= 0.3 is 6.09 Å². The minimum absolute atomic E-state index is 0.0271. The molecule has 0 saturated carbocycles. The Hall–Kier alpha value is -1.52. The minimum atomic E-state index is -0.690. The largest absolute Gasteiger partial charge is 0.444 e. The van der Waals surface area contributed by atoms with E-state index in [0.717, 1.165) is 0 Å². The summed E-state index contributed by atoms with van der Waals surface area (Å²) < 4.78 is 4.92. The molecule has 5 heteroatoms. The van der Waals surface area contributed by atoms with Gasteiger partial charge in [0.25, 0.3) is 0 Å². The van der Waals surface area contributed by atoms with E-state index in [-0.39, 0.29) is 11.4 Å². The molecule has 80 valence electrons. The van der Waals surface area contributed by atoms with Gasteiger partial charge in [0, 0.05) is 5.70 Å². The molecule has 0 unspecified atom stereocenters. The Kier molecular flexibility index (Phi) is 4.14. The molecule has 14 heavy (non-hydrogen) atoms. The zero-order valence-electron chi connectivity index (χ0n) is 8.88. The summed E-state index contributed by atoms with van der Waals surface area (Å²) in [6.07, 6.45) is -0.219. The average Bonchev–Trinajstić information content (AvgIpc) is 1.96. The van der Waals surface area contributed by atoms with Crippen molar-refractivity contribution in [2.75, 3.05) is 0 Å². The first-order valence-corrected chi connectivity index (χ1v) is 4.18. The Morgan fingerprint density at radius 2 is 1.93 bits per heavy atom. The van der Waals surface area contributed by atoms with Crippen molar-refractivity contribution in [1.29, 1.82) is 0 Å². The average molecular weight is 200 g/mol. The lowest BCUT2D eigenvalue weighted by Gasteiger charge is -2.19. The SMILES string of the molecule is CC(N)=C(C=O)NC(=O)OC(C)(C)C. The number of rotatable bonds is 2. The lowest BCUT2D eigenvalue weighted by molar-refractivity contribution is -0.105. The van der Waals surface area contributed by atoms with Crippen LogP contribution in [0, 0.1) is 0 Å². The molecule has 3 N–H and O–H groups in total. The van der Waals surface area contributed by atoms with Crippen LogP contribution in [0.1, 0.15) is 27.7 Å². The van der Waals surface area contributed by atoms with Crippen molar-refractivity contribution in [3.63, 3.8) is 0 Å². The van der Waals surface area contributed by atoms with Crippen LogP contribution in [-0.4, -0.2) is 18.0 Å². The zero-order chi connectivity index (χ0) is 11.4. The van der Waals surface area contributed by atoms with Crippen LogP contribution in [0.3, 0.4) is 0 Å². The number of allylic oxidation sites excluding steroid dienone is 2. The van der Waals surface area contributed by atoms with E-state index < -0.39 is 11.7 Å². The maximum Gasteiger partial charge on any atom is 0.412 e. The van der Waals surface area contributed by atoms with Gasteiger partial charge in [-0.25, -0.2) is 4.79 Å². The first-order chi connectivity index (χ1) is 6.26. The maximum absolute atomic E-state index is 11.2. The van der Waals surface area contributed by atoms with Crippen molar-refractivity contribution in [3.05, 3.63) is 11.4 Å². The molecule has 0 aromatic carbocycles. The quantitative estimate of drug-likeness (QED) is 0.512. The van der Waals surface area contributed by atoms with Crippen molar-refractivity contribution in [2.24, 2.45) is 5.73 Å². The van der Waals surface area contributed by atoms with Crippen LogP contribution in [0.25, 0.3) is 0 Å². The van der Waals surface area contributed by atoms with Gasteiger partial charge in [-0.15, -0.1) is 0 Å². The molecular formula is C9H16N2O3. The minimum Gasteiger partial charge on any atom is -0.444 e.